The topological polar surface area (TPSA) is 105 Å². The molecule has 2 aromatic rings. The molecule has 1 aliphatic rings. The van der Waals surface area contributed by atoms with Crippen LogP contribution in [0.15, 0.2) is 48.5 Å². The van der Waals surface area contributed by atoms with E-state index < -0.39 is 17.5 Å². The number of carbonyl (C=O) groups excluding carboxylic acids is 2. The smallest absolute Gasteiger partial charge is 0.407 e. The van der Waals surface area contributed by atoms with Gasteiger partial charge in [0.1, 0.15) is 6.61 Å². The summed E-state index contributed by atoms with van der Waals surface area (Å²) in [5, 5.41) is 14.7. The second-order valence-electron chi connectivity index (χ2n) is 9.55. The maximum atomic E-state index is 12.4. The summed E-state index contributed by atoms with van der Waals surface area (Å²) in [5.74, 6) is -0.979. The minimum Gasteiger partial charge on any atom is -0.481 e. The average Bonchev–Trinajstić information content (AvgIpc) is 3.11. The Morgan fingerprint density at radius 3 is 2.21 bits per heavy atom. The minimum absolute atomic E-state index is 0.0169. The van der Waals surface area contributed by atoms with Gasteiger partial charge in [-0.05, 0) is 62.3 Å². The van der Waals surface area contributed by atoms with E-state index in [1.54, 1.807) is 13.8 Å². The van der Waals surface area contributed by atoms with Gasteiger partial charge in [-0.25, -0.2) is 4.79 Å². The summed E-state index contributed by atoms with van der Waals surface area (Å²) >= 11 is 0. The predicted octanol–water partition coefficient (Wildman–Crippen LogP) is 4.70. The molecule has 0 bridgehead atoms. The Hall–Kier alpha value is -3.35. The number of carboxylic acids is 1. The molecule has 7 heteroatoms. The number of fused-ring (bicyclic) bond motifs is 3. The van der Waals surface area contributed by atoms with Crippen molar-refractivity contribution in [3.63, 3.8) is 0 Å². The number of hydrogen-bond acceptors (Lipinski definition) is 4. The van der Waals surface area contributed by atoms with E-state index in [9.17, 15) is 14.4 Å². The number of hydrogen-bond donors (Lipinski definition) is 3. The van der Waals surface area contributed by atoms with Crippen LogP contribution >= 0.6 is 0 Å². The highest BCUT2D eigenvalue weighted by molar-refractivity contribution is 5.79. The molecule has 1 atom stereocenters. The number of nitrogens with one attached hydrogen (secondary N) is 2. The van der Waals surface area contributed by atoms with Gasteiger partial charge < -0.3 is 20.5 Å². The Kier molecular flexibility index (Phi) is 8.31. The lowest BCUT2D eigenvalue weighted by Crippen LogP contribution is -2.34. The molecule has 7 nitrogen and oxygen atoms in total. The molecule has 0 saturated heterocycles. The van der Waals surface area contributed by atoms with Crippen LogP contribution in [0.3, 0.4) is 0 Å². The zero-order valence-corrected chi connectivity index (χ0v) is 20.1. The first-order valence-corrected chi connectivity index (χ1v) is 11.8. The molecule has 0 fully saturated rings. The fraction of sp³-hybridized carbons (Fsp3) is 0.444. The van der Waals surface area contributed by atoms with Crippen LogP contribution in [0.1, 0.15) is 63.5 Å². The first-order chi connectivity index (χ1) is 16.2. The third-order valence-corrected chi connectivity index (χ3v) is 6.40. The van der Waals surface area contributed by atoms with Gasteiger partial charge in [-0.2, -0.15) is 0 Å². The minimum atomic E-state index is -0.880. The number of ether oxygens (including phenoxy) is 1. The quantitative estimate of drug-likeness (QED) is 0.445. The summed E-state index contributed by atoms with van der Waals surface area (Å²) in [6.45, 7) is 5.75. The van der Waals surface area contributed by atoms with Gasteiger partial charge in [-0.15, -0.1) is 0 Å². The molecule has 1 unspecified atom stereocenters. The number of benzene rings is 2. The lowest BCUT2D eigenvalue weighted by Gasteiger charge is -2.19. The Bertz CT molecular complexity index is 988. The van der Waals surface area contributed by atoms with E-state index >= 15 is 0 Å². The maximum absolute atomic E-state index is 12.4. The first-order valence-electron chi connectivity index (χ1n) is 11.8. The van der Waals surface area contributed by atoms with Crippen molar-refractivity contribution < 1.29 is 24.2 Å². The van der Waals surface area contributed by atoms with E-state index in [1.165, 1.54) is 22.3 Å². The van der Waals surface area contributed by atoms with Gasteiger partial charge in [-0.3, -0.25) is 9.59 Å². The fourth-order valence-corrected chi connectivity index (χ4v) is 4.19. The Morgan fingerprint density at radius 1 is 1.03 bits per heavy atom. The van der Waals surface area contributed by atoms with Crippen LogP contribution in [-0.4, -0.2) is 42.3 Å². The summed E-state index contributed by atoms with van der Waals surface area (Å²) in [6.07, 6.45) is 1.48. The van der Waals surface area contributed by atoms with Crippen LogP contribution in [0.5, 0.6) is 0 Å². The Labute approximate surface area is 200 Å². The highest BCUT2D eigenvalue weighted by Crippen LogP contribution is 2.44. The van der Waals surface area contributed by atoms with Crippen LogP contribution in [0.25, 0.3) is 11.1 Å². The van der Waals surface area contributed by atoms with E-state index in [4.69, 9.17) is 9.84 Å². The third kappa shape index (κ3) is 6.37. The number of amides is 2. The van der Waals surface area contributed by atoms with E-state index in [1.807, 2.05) is 31.2 Å². The van der Waals surface area contributed by atoms with Gasteiger partial charge >= 0.3 is 12.1 Å². The van der Waals surface area contributed by atoms with Crippen LogP contribution in [-0.2, 0) is 14.3 Å². The van der Waals surface area contributed by atoms with Gasteiger partial charge in [0.15, 0.2) is 0 Å². The molecule has 1 aliphatic carbocycles. The molecule has 0 aromatic heterocycles. The molecule has 0 spiro atoms. The number of rotatable bonds is 11. The number of carbonyl (C=O) groups is 3. The zero-order valence-electron chi connectivity index (χ0n) is 20.1. The van der Waals surface area contributed by atoms with Crippen molar-refractivity contribution in [2.75, 3.05) is 13.2 Å². The van der Waals surface area contributed by atoms with Gasteiger partial charge in [0.2, 0.25) is 5.91 Å². The maximum Gasteiger partial charge on any atom is 0.407 e. The second-order valence-corrected chi connectivity index (χ2v) is 9.55. The van der Waals surface area contributed by atoms with Crippen molar-refractivity contribution in [1.82, 2.24) is 10.6 Å². The molecule has 182 valence electrons. The van der Waals surface area contributed by atoms with E-state index in [0.717, 1.165) is 0 Å². The molecular weight excluding hydrogens is 432 g/mol. The van der Waals surface area contributed by atoms with Gasteiger partial charge in [0.05, 0.1) is 5.41 Å². The van der Waals surface area contributed by atoms with Crippen LogP contribution in [0.4, 0.5) is 4.79 Å². The molecule has 2 aromatic carbocycles. The van der Waals surface area contributed by atoms with Crippen molar-refractivity contribution >= 4 is 18.0 Å². The first kappa shape index (κ1) is 25.3. The second kappa shape index (κ2) is 11.2. The van der Waals surface area contributed by atoms with Crippen molar-refractivity contribution in [2.45, 2.75) is 58.4 Å². The largest absolute Gasteiger partial charge is 0.481 e. The summed E-state index contributed by atoms with van der Waals surface area (Å²) in [5.41, 5.74) is 3.84. The number of carboxylic acid groups (broad SMARTS) is 1. The number of aliphatic carboxylic acids is 1. The molecule has 3 N–H and O–H groups in total. The molecule has 34 heavy (non-hydrogen) atoms. The van der Waals surface area contributed by atoms with Crippen molar-refractivity contribution in [3.05, 3.63) is 59.7 Å². The molecule has 0 aliphatic heterocycles. The molecule has 3 rings (SSSR count). The lowest BCUT2D eigenvalue weighted by molar-refractivity contribution is -0.147. The monoisotopic (exact) mass is 466 g/mol. The summed E-state index contributed by atoms with van der Waals surface area (Å²) < 4.78 is 5.56. The van der Waals surface area contributed by atoms with Crippen LogP contribution < -0.4 is 10.6 Å². The fourth-order valence-electron chi connectivity index (χ4n) is 4.19. The highest BCUT2D eigenvalue weighted by Gasteiger charge is 2.29. The van der Waals surface area contributed by atoms with Gasteiger partial charge in [-0.1, -0.05) is 48.5 Å². The third-order valence-electron chi connectivity index (χ3n) is 6.40. The van der Waals surface area contributed by atoms with Crippen LogP contribution in [0.2, 0.25) is 0 Å². The summed E-state index contributed by atoms with van der Waals surface area (Å²) in [4.78, 5) is 35.4. The molecule has 0 saturated carbocycles. The van der Waals surface area contributed by atoms with Crippen molar-refractivity contribution in [3.8, 4) is 11.1 Å². The van der Waals surface area contributed by atoms with Gasteiger partial charge in [0, 0.05) is 24.9 Å². The summed E-state index contributed by atoms with van der Waals surface area (Å²) in [6, 6.07) is 16.3. The standard InChI is InChI=1S/C27H34N2O5/c1-18(9-8-14-24(30)28-16-15-27(2,3)25(31)32)29-26(33)34-17-23-21-12-6-4-10-19(21)20-11-5-7-13-22(20)23/h4-7,10-13,18,23H,8-9,14-17H2,1-3H3,(H,28,30)(H,29,33)(H,31,32). The SMILES string of the molecule is CC(CCCC(=O)NCCC(C)(C)C(=O)O)NC(=O)OCC1c2ccccc2-c2ccccc21. The molecule has 0 heterocycles. The van der Waals surface area contributed by atoms with Crippen molar-refractivity contribution in [1.29, 1.82) is 0 Å². The van der Waals surface area contributed by atoms with E-state index in [-0.39, 0.29) is 24.5 Å². The van der Waals surface area contributed by atoms with E-state index in [0.29, 0.717) is 32.2 Å². The normalized spacial score (nSPS) is 13.5. The average molecular weight is 467 g/mol. The van der Waals surface area contributed by atoms with E-state index in [2.05, 4.69) is 34.9 Å². The highest BCUT2D eigenvalue weighted by atomic mass is 16.5. The zero-order chi connectivity index (χ0) is 24.7. The van der Waals surface area contributed by atoms with Crippen LogP contribution in [0, 0.1) is 5.41 Å². The lowest BCUT2D eigenvalue weighted by atomic mass is 9.90. The van der Waals surface area contributed by atoms with Gasteiger partial charge in [0.25, 0.3) is 0 Å². The predicted molar refractivity (Wildman–Crippen MR) is 131 cm³/mol. The molecule has 2 amide bonds. The Morgan fingerprint density at radius 2 is 1.62 bits per heavy atom. The number of alkyl carbamates (subject to hydrolysis) is 1. The van der Waals surface area contributed by atoms with Crippen molar-refractivity contribution in [2.24, 2.45) is 5.41 Å². The molecule has 0 radical (unpaired) electrons. The molecular formula is C27H34N2O5. The summed E-state index contributed by atoms with van der Waals surface area (Å²) in [7, 11) is 0. The Balaban J connectivity index is 1.37.